The summed E-state index contributed by atoms with van der Waals surface area (Å²) in [7, 11) is 0. The van der Waals surface area contributed by atoms with Gasteiger partial charge in [-0.05, 0) is 40.7 Å². The molecule has 136 valence electrons. The van der Waals surface area contributed by atoms with Gasteiger partial charge in [0.15, 0.2) is 5.11 Å². The Morgan fingerprint density at radius 1 is 0.889 bits per heavy atom. The summed E-state index contributed by atoms with van der Waals surface area (Å²) in [5.41, 5.74) is 5.78. The van der Waals surface area contributed by atoms with Crippen molar-refractivity contribution in [1.29, 1.82) is 0 Å². The smallest absolute Gasteiger partial charge is 0.273 e. The Hall–Kier alpha value is -3.45. The van der Waals surface area contributed by atoms with E-state index < -0.39 is 5.91 Å². The number of hydrogen-bond acceptors (Lipinski definition) is 4. The van der Waals surface area contributed by atoms with Crippen LogP contribution in [0.1, 0.15) is 15.9 Å². The van der Waals surface area contributed by atoms with Gasteiger partial charge in [-0.1, -0.05) is 54.6 Å². The Kier molecular flexibility index (Phi) is 5.63. The molecule has 0 aliphatic heterocycles. The van der Waals surface area contributed by atoms with Gasteiger partial charge in [0.2, 0.25) is 5.91 Å². The van der Waals surface area contributed by atoms with Gasteiger partial charge in [0, 0.05) is 0 Å². The number of thiocarbonyl (C=S) groups is 1. The van der Waals surface area contributed by atoms with E-state index >= 15 is 0 Å². The van der Waals surface area contributed by atoms with Gasteiger partial charge in [-0.25, -0.2) is 0 Å². The summed E-state index contributed by atoms with van der Waals surface area (Å²) in [6, 6.07) is 19.7. The number of benzene rings is 3. The van der Waals surface area contributed by atoms with E-state index in [-0.39, 0.29) is 28.8 Å². The van der Waals surface area contributed by atoms with E-state index in [4.69, 9.17) is 12.2 Å². The van der Waals surface area contributed by atoms with Crippen molar-refractivity contribution in [3.63, 3.8) is 0 Å². The molecule has 0 aromatic heterocycles. The maximum atomic E-state index is 12.3. The fraction of sp³-hybridized carbons (Fsp3) is 0.0500. The van der Waals surface area contributed by atoms with Gasteiger partial charge < -0.3 is 10.4 Å². The van der Waals surface area contributed by atoms with Crippen molar-refractivity contribution < 1.29 is 14.7 Å². The van der Waals surface area contributed by atoms with Gasteiger partial charge in [-0.3, -0.25) is 20.4 Å². The minimum absolute atomic E-state index is 0.0374. The number of amides is 2. The van der Waals surface area contributed by atoms with Crippen molar-refractivity contribution in [3.8, 4) is 5.75 Å². The lowest BCUT2D eigenvalue weighted by atomic mass is 10.1. The maximum Gasteiger partial charge on any atom is 0.273 e. The topological polar surface area (TPSA) is 90.5 Å². The predicted octanol–water partition coefficient (Wildman–Crippen LogP) is 2.42. The van der Waals surface area contributed by atoms with Crippen molar-refractivity contribution in [2.45, 2.75) is 6.42 Å². The third-order valence-corrected chi connectivity index (χ3v) is 4.06. The third-order valence-electron chi connectivity index (χ3n) is 3.86. The summed E-state index contributed by atoms with van der Waals surface area (Å²) >= 11 is 5.00. The molecule has 0 radical (unpaired) electrons. The molecule has 0 spiro atoms. The molecule has 3 aromatic rings. The van der Waals surface area contributed by atoms with Gasteiger partial charge in [0.05, 0.1) is 12.0 Å². The molecular weight excluding hydrogens is 362 g/mol. The lowest BCUT2D eigenvalue weighted by Gasteiger charge is -2.12. The standard InChI is InChI=1S/C20H17N3O3S/c24-17-12-15-9-5-4-8-14(15)11-16(17)19(26)22-23-20(27)21-18(25)10-13-6-2-1-3-7-13/h1-9,11-12,24H,10H2,(H,22,26)(H2,21,23,25,27). The van der Waals surface area contributed by atoms with Crippen molar-refractivity contribution in [2.75, 3.05) is 0 Å². The fourth-order valence-electron chi connectivity index (χ4n) is 2.57. The van der Waals surface area contributed by atoms with Gasteiger partial charge in [0.1, 0.15) is 5.75 Å². The molecule has 3 rings (SSSR count). The van der Waals surface area contributed by atoms with E-state index in [2.05, 4.69) is 16.2 Å². The van der Waals surface area contributed by atoms with Crippen LogP contribution in [0.5, 0.6) is 5.75 Å². The van der Waals surface area contributed by atoms with Crippen LogP contribution < -0.4 is 16.2 Å². The predicted molar refractivity (Wildman–Crippen MR) is 107 cm³/mol. The van der Waals surface area contributed by atoms with Gasteiger partial charge in [-0.15, -0.1) is 0 Å². The highest BCUT2D eigenvalue weighted by molar-refractivity contribution is 7.80. The molecule has 0 aliphatic carbocycles. The Morgan fingerprint density at radius 2 is 1.52 bits per heavy atom. The first-order valence-corrected chi connectivity index (χ1v) is 8.59. The highest BCUT2D eigenvalue weighted by atomic mass is 32.1. The number of rotatable bonds is 3. The zero-order valence-electron chi connectivity index (χ0n) is 14.2. The zero-order valence-corrected chi connectivity index (χ0v) is 15.0. The number of hydrogen-bond donors (Lipinski definition) is 4. The molecule has 0 saturated carbocycles. The molecule has 0 atom stereocenters. The second-order valence-corrected chi connectivity index (χ2v) is 6.24. The first-order valence-electron chi connectivity index (χ1n) is 8.19. The van der Waals surface area contributed by atoms with Gasteiger partial charge in [0.25, 0.3) is 5.91 Å². The highest BCUT2D eigenvalue weighted by Crippen LogP contribution is 2.24. The second-order valence-electron chi connectivity index (χ2n) is 5.84. The third kappa shape index (κ3) is 4.80. The summed E-state index contributed by atoms with van der Waals surface area (Å²) in [5, 5.41) is 14.1. The van der Waals surface area contributed by atoms with Crippen molar-refractivity contribution in [1.82, 2.24) is 16.2 Å². The summed E-state index contributed by atoms with van der Waals surface area (Å²) < 4.78 is 0. The number of phenols is 1. The minimum Gasteiger partial charge on any atom is -0.507 e. The number of hydrazine groups is 1. The van der Waals surface area contributed by atoms with E-state index in [1.807, 2.05) is 54.6 Å². The van der Waals surface area contributed by atoms with Gasteiger partial charge in [-0.2, -0.15) is 0 Å². The quantitative estimate of drug-likeness (QED) is 0.415. The summed E-state index contributed by atoms with van der Waals surface area (Å²) in [4.78, 5) is 24.2. The number of aromatic hydroxyl groups is 1. The lowest BCUT2D eigenvalue weighted by Crippen LogP contribution is -2.48. The number of fused-ring (bicyclic) bond motifs is 1. The molecule has 0 bridgehead atoms. The zero-order chi connectivity index (χ0) is 19.2. The molecule has 27 heavy (non-hydrogen) atoms. The highest BCUT2D eigenvalue weighted by Gasteiger charge is 2.13. The van der Waals surface area contributed by atoms with Crippen LogP contribution in [0.2, 0.25) is 0 Å². The van der Waals surface area contributed by atoms with E-state index in [1.165, 1.54) is 6.07 Å². The molecule has 0 heterocycles. The van der Waals surface area contributed by atoms with Crippen LogP contribution >= 0.6 is 12.2 Å². The van der Waals surface area contributed by atoms with Crippen molar-refractivity contribution >= 4 is 39.9 Å². The van der Waals surface area contributed by atoms with Gasteiger partial charge >= 0.3 is 0 Å². The normalized spacial score (nSPS) is 10.2. The van der Waals surface area contributed by atoms with E-state index in [9.17, 15) is 14.7 Å². The maximum absolute atomic E-state index is 12.3. The summed E-state index contributed by atoms with van der Waals surface area (Å²) in [5.74, 6) is -1.02. The Morgan fingerprint density at radius 3 is 2.22 bits per heavy atom. The molecule has 0 aliphatic rings. The molecule has 6 nitrogen and oxygen atoms in total. The van der Waals surface area contributed by atoms with E-state index in [0.717, 1.165) is 16.3 Å². The van der Waals surface area contributed by atoms with Crippen LogP contribution in [0.15, 0.2) is 66.7 Å². The number of carbonyl (C=O) groups excluding carboxylic acids is 2. The molecule has 7 heteroatoms. The van der Waals surface area contributed by atoms with E-state index in [0.29, 0.717) is 0 Å². The van der Waals surface area contributed by atoms with Crippen LogP contribution in [0.4, 0.5) is 0 Å². The number of phenolic OH excluding ortho intramolecular Hbond substituents is 1. The molecule has 4 N–H and O–H groups in total. The van der Waals surface area contributed by atoms with E-state index in [1.54, 1.807) is 6.07 Å². The van der Waals surface area contributed by atoms with Crippen molar-refractivity contribution in [3.05, 3.63) is 77.9 Å². The number of nitrogens with one attached hydrogen (secondary N) is 3. The largest absolute Gasteiger partial charge is 0.507 e. The average molecular weight is 379 g/mol. The molecule has 3 aromatic carbocycles. The molecule has 0 unspecified atom stereocenters. The fourth-order valence-corrected chi connectivity index (χ4v) is 2.74. The Labute approximate surface area is 161 Å². The summed E-state index contributed by atoms with van der Waals surface area (Å²) in [6.45, 7) is 0. The average Bonchev–Trinajstić information content (AvgIpc) is 2.66. The first-order chi connectivity index (χ1) is 13.0. The van der Waals surface area contributed by atoms with Crippen LogP contribution in [-0.4, -0.2) is 22.0 Å². The SMILES string of the molecule is O=C(Cc1ccccc1)NC(=S)NNC(=O)c1cc2ccccc2cc1O. The summed E-state index contributed by atoms with van der Waals surface area (Å²) in [6.07, 6.45) is 0.169. The molecular formula is C20H17N3O3S. The van der Waals surface area contributed by atoms with Crippen molar-refractivity contribution in [2.24, 2.45) is 0 Å². The molecule has 0 saturated heterocycles. The lowest BCUT2D eigenvalue weighted by molar-refractivity contribution is -0.119. The minimum atomic E-state index is -0.571. The van der Waals surface area contributed by atoms with Crippen LogP contribution in [0.25, 0.3) is 10.8 Å². The van der Waals surface area contributed by atoms with Crippen LogP contribution in [0.3, 0.4) is 0 Å². The molecule has 2 amide bonds. The first kappa shape index (κ1) is 18.3. The number of carbonyl (C=O) groups is 2. The second kappa shape index (κ2) is 8.29. The Bertz CT molecular complexity index is 1010. The van der Waals surface area contributed by atoms with Crippen LogP contribution in [-0.2, 0) is 11.2 Å². The van der Waals surface area contributed by atoms with Crippen LogP contribution in [0, 0.1) is 0 Å². The monoisotopic (exact) mass is 379 g/mol. The molecule has 0 fully saturated rings. The Balaban J connectivity index is 1.56.